The number of hydrogen-bond acceptors (Lipinski definition) is 4. The summed E-state index contributed by atoms with van der Waals surface area (Å²) in [6.45, 7) is 1.91. The topological polar surface area (TPSA) is 87.3 Å². The third kappa shape index (κ3) is 4.91. The van der Waals surface area contributed by atoms with Crippen molar-refractivity contribution in [2.45, 2.75) is 30.3 Å². The maximum atomic E-state index is 12.5. The van der Waals surface area contributed by atoms with E-state index in [1.54, 1.807) is 12.1 Å². The molecule has 3 rings (SSSR count). The fourth-order valence-electron chi connectivity index (χ4n) is 2.91. The molecule has 1 aliphatic rings. The summed E-state index contributed by atoms with van der Waals surface area (Å²) in [6.07, 6.45) is 1.94. The molecule has 0 bridgehead atoms. The van der Waals surface area contributed by atoms with Gasteiger partial charge in [0.2, 0.25) is 10.0 Å². The van der Waals surface area contributed by atoms with E-state index in [-0.39, 0.29) is 23.4 Å². The molecule has 0 radical (unpaired) electrons. The fraction of sp³-hybridized carbons (Fsp3) is 0.316. The average molecular weight is 373 g/mol. The van der Waals surface area contributed by atoms with Crippen LogP contribution in [0.1, 0.15) is 28.8 Å². The SMILES string of the molecule is O=C(NC1CCCNC1)c1cccc(S(=O)(=O)NCc2ccccc2)c1. The molecule has 1 aliphatic heterocycles. The average Bonchev–Trinajstić information content (AvgIpc) is 2.68. The standard InChI is InChI=1S/C19H23N3O3S/c23-19(22-17-9-5-11-20-14-17)16-8-4-10-18(12-16)26(24,25)21-13-15-6-2-1-3-7-15/h1-4,6-8,10,12,17,20-21H,5,9,11,13-14H2,(H,22,23). The predicted molar refractivity (Wildman–Crippen MR) is 100 cm³/mol. The minimum Gasteiger partial charge on any atom is -0.348 e. The van der Waals surface area contributed by atoms with Gasteiger partial charge in [-0.05, 0) is 43.1 Å². The largest absolute Gasteiger partial charge is 0.348 e. The van der Waals surface area contributed by atoms with Crippen molar-refractivity contribution in [1.82, 2.24) is 15.4 Å². The van der Waals surface area contributed by atoms with Crippen LogP contribution in [0.25, 0.3) is 0 Å². The minimum atomic E-state index is -3.69. The number of nitrogens with one attached hydrogen (secondary N) is 3. The molecule has 1 atom stereocenters. The second-order valence-electron chi connectivity index (χ2n) is 6.35. The molecule has 3 N–H and O–H groups in total. The van der Waals surface area contributed by atoms with E-state index in [9.17, 15) is 13.2 Å². The zero-order valence-electron chi connectivity index (χ0n) is 14.4. The Morgan fingerprint density at radius 3 is 2.65 bits per heavy atom. The van der Waals surface area contributed by atoms with Crippen LogP contribution in [0, 0.1) is 0 Å². The normalized spacial score (nSPS) is 17.6. The van der Waals surface area contributed by atoms with Crippen LogP contribution in [0.4, 0.5) is 0 Å². The Kier molecular flexibility index (Phi) is 6.03. The molecule has 0 saturated carbocycles. The summed E-state index contributed by atoms with van der Waals surface area (Å²) in [7, 11) is -3.69. The zero-order valence-corrected chi connectivity index (χ0v) is 15.3. The Hall–Kier alpha value is -2.22. The van der Waals surface area contributed by atoms with E-state index < -0.39 is 10.0 Å². The molecule has 0 aromatic heterocycles. The van der Waals surface area contributed by atoms with Crippen molar-refractivity contribution in [3.8, 4) is 0 Å². The van der Waals surface area contributed by atoms with E-state index in [4.69, 9.17) is 0 Å². The number of carbonyl (C=O) groups excluding carboxylic acids is 1. The van der Waals surface area contributed by atoms with Gasteiger partial charge in [-0.1, -0.05) is 36.4 Å². The van der Waals surface area contributed by atoms with E-state index in [1.807, 2.05) is 30.3 Å². The van der Waals surface area contributed by atoms with Gasteiger partial charge >= 0.3 is 0 Å². The highest BCUT2D eigenvalue weighted by molar-refractivity contribution is 7.89. The molecular weight excluding hydrogens is 350 g/mol. The van der Waals surface area contributed by atoms with Gasteiger partial charge in [-0.3, -0.25) is 4.79 Å². The lowest BCUT2D eigenvalue weighted by Gasteiger charge is -2.23. The Balaban J connectivity index is 1.68. The molecule has 0 spiro atoms. The number of sulfonamides is 1. The first-order valence-corrected chi connectivity index (χ1v) is 10.2. The Labute approximate surface area is 154 Å². The first-order chi connectivity index (χ1) is 12.5. The lowest BCUT2D eigenvalue weighted by Crippen LogP contribution is -2.45. The van der Waals surface area contributed by atoms with Crippen molar-refractivity contribution in [3.05, 3.63) is 65.7 Å². The van der Waals surface area contributed by atoms with Gasteiger partial charge in [-0.25, -0.2) is 13.1 Å². The number of carbonyl (C=O) groups is 1. The van der Waals surface area contributed by atoms with Gasteiger partial charge in [0, 0.05) is 24.7 Å². The molecule has 1 amide bonds. The summed E-state index contributed by atoms with van der Waals surface area (Å²) in [5.41, 5.74) is 1.22. The quantitative estimate of drug-likeness (QED) is 0.718. The smallest absolute Gasteiger partial charge is 0.251 e. The van der Waals surface area contributed by atoms with E-state index in [0.717, 1.165) is 31.5 Å². The van der Waals surface area contributed by atoms with Crippen molar-refractivity contribution in [2.75, 3.05) is 13.1 Å². The van der Waals surface area contributed by atoms with Gasteiger partial charge < -0.3 is 10.6 Å². The van der Waals surface area contributed by atoms with Gasteiger partial charge in [-0.2, -0.15) is 0 Å². The van der Waals surface area contributed by atoms with Gasteiger partial charge in [0.1, 0.15) is 0 Å². The van der Waals surface area contributed by atoms with Crippen molar-refractivity contribution in [3.63, 3.8) is 0 Å². The molecule has 1 saturated heterocycles. The molecule has 1 unspecified atom stereocenters. The number of rotatable bonds is 6. The summed E-state index contributed by atoms with van der Waals surface area (Å²) < 4.78 is 27.6. The predicted octanol–water partition coefficient (Wildman–Crippen LogP) is 1.65. The zero-order chi connectivity index (χ0) is 18.4. The van der Waals surface area contributed by atoms with Crippen LogP contribution in [-0.2, 0) is 16.6 Å². The van der Waals surface area contributed by atoms with Gasteiger partial charge in [0.05, 0.1) is 4.90 Å². The van der Waals surface area contributed by atoms with Crippen LogP contribution in [0.2, 0.25) is 0 Å². The third-order valence-corrected chi connectivity index (χ3v) is 5.75. The van der Waals surface area contributed by atoms with Crippen molar-refractivity contribution in [2.24, 2.45) is 0 Å². The lowest BCUT2D eigenvalue weighted by atomic mass is 10.1. The summed E-state index contributed by atoms with van der Waals surface area (Å²) in [5.74, 6) is -0.251. The molecule has 7 heteroatoms. The van der Waals surface area contributed by atoms with Crippen LogP contribution in [0.3, 0.4) is 0 Å². The second kappa shape index (κ2) is 8.44. The highest BCUT2D eigenvalue weighted by Crippen LogP contribution is 2.13. The van der Waals surface area contributed by atoms with Crippen LogP contribution >= 0.6 is 0 Å². The highest BCUT2D eigenvalue weighted by atomic mass is 32.2. The van der Waals surface area contributed by atoms with Crippen molar-refractivity contribution in [1.29, 1.82) is 0 Å². The molecule has 2 aromatic carbocycles. The second-order valence-corrected chi connectivity index (χ2v) is 8.12. The maximum Gasteiger partial charge on any atom is 0.251 e. The fourth-order valence-corrected chi connectivity index (χ4v) is 3.97. The third-order valence-electron chi connectivity index (χ3n) is 4.35. The Morgan fingerprint density at radius 1 is 1.12 bits per heavy atom. The summed E-state index contributed by atoms with van der Waals surface area (Å²) in [5, 5.41) is 6.19. The van der Waals surface area contributed by atoms with E-state index >= 15 is 0 Å². The molecule has 26 heavy (non-hydrogen) atoms. The molecule has 1 fully saturated rings. The summed E-state index contributed by atoms with van der Waals surface area (Å²) in [4.78, 5) is 12.5. The first-order valence-electron chi connectivity index (χ1n) is 8.70. The van der Waals surface area contributed by atoms with Crippen LogP contribution in [0.15, 0.2) is 59.5 Å². The molecule has 6 nitrogen and oxygen atoms in total. The summed E-state index contributed by atoms with van der Waals surface area (Å²) >= 11 is 0. The van der Waals surface area contributed by atoms with E-state index in [2.05, 4.69) is 15.4 Å². The molecule has 1 heterocycles. The van der Waals surface area contributed by atoms with Crippen LogP contribution in [0.5, 0.6) is 0 Å². The summed E-state index contributed by atoms with van der Waals surface area (Å²) in [6, 6.07) is 15.5. The Bertz CT molecular complexity index is 847. The monoisotopic (exact) mass is 373 g/mol. The highest BCUT2D eigenvalue weighted by Gasteiger charge is 2.19. The first kappa shape index (κ1) is 18.6. The molecule has 0 aliphatic carbocycles. The molecule has 2 aromatic rings. The molecular formula is C19H23N3O3S. The number of benzene rings is 2. The van der Waals surface area contributed by atoms with Crippen LogP contribution in [-0.4, -0.2) is 33.5 Å². The van der Waals surface area contributed by atoms with Crippen molar-refractivity contribution >= 4 is 15.9 Å². The molecule has 138 valence electrons. The maximum absolute atomic E-state index is 12.5. The lowest BCUT2D eigenvalue weighted by molar-refractivity contribution is 0.0930. The number of amides is 1. The minimum absolute atomic E-state index is 0.0766. The van der Waals surface area contributed by atoms with E-state index in [1.165, 1.54) is 12.1 Å². The number of hydrogen-bond donors (Lipinski definition) is 3. The van der Waals surface area contributed by atoms with E-state index in [0.29, 0.717) is 5.56 Å². The van der Waals surface area contributed by atoms with Gasteiger partial charge in [-0.15, -0.1) is 0 Å². The van der Waals surface area contributed by atoms with Crippen LogP contribution < -0.4 is 15.4 Å². The van der Waals surface area contributed by atoms with Crippen molar-refractivity contribution < 1.29 is 13.2 Å². The van der Waals surface area contributed by atoms with Gasteiger partial charge in [0.15, 0.2) is 0 Å². The number of piperidine rings is 1. The Morgan fingerprint density at radius 2 is 1.92 bits per heavy atom. The van der Waals surface area contributed by atoms with Gasteiger partial charge in [0.25, 0.3) is 5.91 Å².